The van der Waals surface area contributed by atoms with Crippen molar-refractivity contribution in [1.29, 1.82) is 0 Å². The maximum atomic E-state index is 10.00. The van der Waals surface area contributed by atoms with Crippen LogP contribution in [0.4, 0.5) is 0 Å². The van der Waals surface area contributed by atoms with Crippen LogP contribution in [0.1, 0.15) is 19.8 Å². The first-order valence-corrected chi connectivity index (χ1v) is 3.52. The Bertz CT molecular complexity index is 43.8. The number of rotatable bonds is 4. The maximum Gasteiger partial charge on any atom is 0.0825 e. The highest BCUT2D eigenvalue weighted by Gasteiger charge is 2.01. The molecule has 0 aliphatic carbocycles. The molecule has 0 aromatic heterocycles. The molecule has 0 heterocycles. The third kappa shape index (κ3) is 3.28. The molecule has 1 atom stereocenters. The lowest BCUT2D eigenvalue weighted by Gasteiger charge is -2.05. The summed E-state index contributed by atoms with van der Waals surface area (Å²) in [6.07, 6.45) is 1.77. The van der Waals surface area contributed by atoms with E-state index >= 15 is 0 Å². The molecule has 0 saturated carbocycles. The molecule has 0 bridgehead atoms. The van der Waals surface area contributed by atoms with Crippen LogP contribution < -0.4 is 0 Å². The van der Waals surface area contributed by atoms with Gasteiger partial charge in [0, 0.05) is 5.88 Å². The van der Waals surface area contributed by atoms with Crippen molar-refractivity contribution in [2.24, 2.45) is 5.92 Å². The molecule has 0 fully saturated rings. The first-order chi connectivity index (χ1) is 3.85. The molecular formula is C6H12ClO. The molecule has 49 valence electrons. The Morgan fingerprint density at radius 1 is 1.62 bits per heavy atom. The Kier molecular flexibility index (Phi) is 5.56. The molecule has 1 nitrogen and oxygen atoms in total. The van der Waals surface area contributed by atoms with Crippen LogP contribution in [-0.2, 0) is 5.11 Å². The number of hydrogen-bond acceptors (Lipinski definition) is 0. The van der Waals surface area contributed by atoms with Crippen LogP contribution in [0.3, 0.4) is 0 Å². The molecule has 0 aliphatic rings. The Morgan fingerprint density at radius 3 is 2.38 bits per heavy atom. The fourth-order valence-corrected chi connectivity index (χ4v) is 0.930. The van der Waals surface area contributed by atoms with Crippen molar-refractivity contribution in [2.75, 3.05) is 12.5 Å². The number of alkyl halides is 1. The molecular weight excluding hydrogens is 124 g/mol. The molecule has 0 aliphatic heterocycles. The van der Waals surface area contributed by atoms with E-state index in [-0.39, 0.29) is 6.61 Å². The van der Waals surface area contributed by atoms with E-state index in [1.807, 2.05) is 0 Å². The van der Waals surface area contributed by atoms with Gasteiger partial charge in [0.15, 0.2) is 0 Å². The predicted octanol–water partition coefficient (Wildman–Crippen LogP) is 2.07. The van der Waals surface area contributed by atoms with Gasteiger partial charge in [-0.1, -0.05) is 13.3 Å². The van der Waals surface area contributed by atoms with Gasteiger partial charge >= 0.3 is 0 Å². The summed E-state index contributed by atoms with van der Waals surface area (Å²) in [6.45, 7) is 2.08. The highest BCUT2D eigenvalue weighted by molar-refractivity contribution is 6.18. The fraction of sp³-hybridized carbons (Fsp3) is 1.00. The number of halogens is 1. The highest BCUT2D eigenvalue weighted by Crippen LogP contribution is 2.08. The molecule has 0 aromatic carbocycles. The van der Waals surface area contributed by atoms with Crippen LogP contribution >= 0.6 is 11.6 Å². The lowest BCUT2D eigenvalue weighted by Crippen LogP contribution is -2.01. The second kappa shape index (κ2) is 5.39. The fourth-order valence-electron chi connectivity index (χ4n) is 0.557. The molecule has 0 rings (SSSR count). The Morgan fingerprint density at radius 2 is 2.25 bits per heavy atom. The van der Waals surface area contributed by atoms with Crippen molar-refractivity contribution >= 4 is 11.6 Å². The van der Waals surface area contributed by atoms with E-state index < -0.39 is 0 Å². The average molecular weight is 136 g/mol. The Hall–Kier alpha value is 0.250. The summed E-state index contributed by atoms with van der Waals surface area (Å²) in [5.74, 6) is 1.09. The van der Waals surface area contributed by atoms with Gasteiger partial charge in [-0.3, -0.25) is 0 Å². The molecule has 1 radical (unpaired) electrons. The van der Waals surface area contributed by atoms with Crippen LogP contribution in [-0.4, -0.2) is 12.5 Å². The van der Waals surface area contributed by atoms with Gasteiger partial charge in [-0.25, -0.2) is 5.11 Å². The van der Waals surface area contributed by atoms with Crippen molar-refractivity contribution in [3.63, 3.8) is 0 Å². The largest absolute Gasteiger partial charge is 0.237 e. The average Bonchev–Trinajstić information content (AvgIpc) is 1.83. The highest BCUT2D eigenvalue weighted by atomic mass is 35.5. The normalized spacial score (nSPS) is 13.9. The molecule has 1 unspecified atom stereocenters. The Balaban J connectivity index is 3.07. The van der Waals surface area contributed by atoms with E-state index in [9.17, 15) is 5.11 Å². The van der Waals surface area contributed by atoms with E-state index in [2.05, 4.69) is 6.92 Å². The first-order valence-electron chi connectivity index (χ1n) is 2.99. The smallest absolute Gasteiger partial charge is 0.0825 e. The van der Waals surface area contributed by atoms with E-state index in [1.165, 1.54) is 0 Å². The summed E-state index contributed by atoms with van der Waals surface area (Å²) in [7, 11) is 0. The zero-order chi connectivity index (χ0) is 6.41. The van der Waals surface area contributed by atoms with Crippen LogP contribution in [0.5, 0.6) is 0 Å². The SMILES string of the molecule is CCC(CCl)CC[O]. The molecule has 8 heavy (non-hydrogen) atoms. The molecule has 0 saturated heterocycles. The minimum Gasteiger partial charge on any atom is -0.237 e. The van der Waals surface area contributed by atoms with Gasteiger partial charge in [0.2, 0.25) is 0 Å². The lowest BCUT2D eigenvalue weighted by molar-refractivity contribution is 0.173. The van der Waals surface area contributed by atoms with Gasteiger partial charge in [0.25, 0.3) is 0 Å². The van der Waals surface area contributed by atoms with Crippen LogP contribution in [0.2, 0.25) is 0 Å². The molecule has 0 aromatic rings. The topological polar surface area (TPSA) is 19.9 Å². The third-order valence-electron chi connectivity index (χ3n) is 1.32. The summed E-state index contributed by atoms with van der Waals surface area (Å²) < 4.78 is 0. The minimum absolute atomic E-state index is 0.0191. The predicted molar refractivity (Wildman–Crippen MR) is 34.7 cm³/mol. The Labute approximate surface area is 55.7 Å². The van der Waals surface area contributed by atoms with Crippen molar-refractivity contribution in [1.82, 2.24) is 0 Å². The van der Waals surface area contributed by atoms with Crippen LogP contribution in [0.25, 0.3) is 0 Å². The minimum atomic E-state index is 0.0191. The van der Waals surface area contributed by atoms with Crippen molar-refractivity contribution in [3.8, 4) is 0 Å². The zero-order valence-electron chi connectivity index (χ0n) is 5.19. The van der Waals surface area contributed by atoms with Gasteiger partial charge in [-0.2, -0.15) is 0 Å². The number of hydrogen-bond donors (Lipinski definition) is 0. The van der Waals surface area contributed by atoms with Crippen molar-refractivity contribution in [3.05, 3.63) is 0 Å². The summed E-state index contributed by atoms with van der Waals surface area (Å²) in [5.41, 5.74) is 0. The second-order valence-corrected chi connectivity index (χ2v) is 2.23. The summed E-state index contributed by atoms with van der Waals surface area (Å²) in [5, 5.41) is 10.00. The van der Waals surface area contributed by atoms with Gasteiger partial charge in [0.05, 0.1) is 6.61 Å². The van der Waals surface area contributed by atoms with Gasteiger partial charge < -0.3 is 0 Å². The van der Waals surface area contributed by atoms with Crippen molar-refractivity contribution in [2.45, 2.75) is 19.8 Å². The summed E-state index contributed by atoms with van der Waals surface area (Å²) >= 11 is 5.51. The molecule has 0 amide bonds. The lowest BCUT2D eigenvalue weighted by atomic mass is 10.1. The standard InChI is InChI=1S/C6H12ClO/c1-2-6(5-7)3-4-8/h6H,2-5H2,1H3. The van der Waals surface area contributed by atoms with E-state index in [0.29, 0.717) is 11.8 Å². The third-order valence-corrected chi connectivity index (χ3v) is 1.76. The van der Waals surface area contributed by atoms with Crippen LogP contribution in [0.15, 0.2) is 0 Å². The maximum absolute atomic E-state index is 10.00. The van der Waals surface area contributed by atoms with Gasteiger partial charge in [0.1, 0.15) is 0 Å². The zero-order valence-corrected chi connectivity index (χ0v) is 5.95. The van der Waals surface area contributed by atoms with Gasteiger partial charge in [-0.05, 0) is 12.3 Å². The molecule has 0 spiro atoms. The first kappa shape index (κ1) is 8.25. The quantitative estimate of drug-likeness (QED) is 0.526. The van der Waals surface area contributed by atoms with E-state index in [0.717, 1.165) is 12.8 Å². The van der Waals surface area contributed by atoms with E-state index in [1.54, 1.807) is 0 Å². The van der Waals surface area contributed by atoms with E-state index in [4.69, 9.17) is 11.6 Å². The second-order valence-electron chi connectivity index (χ2n) is 1.92. The summed E-state index contributed by atoms with van der Waals surface area (Å²) in [4.78, 5) is 0. The summed E-state index contributed by atoms with van der Waals surface area (Å²) in [6, 6.07) is 0. The molecule has 2 heteroatoms. The monoisotopic (exact) mass is 135 g/mol. The molecule has 0 N–H and O–H groups in total. The van der Waals surface area contributed by atoms with Crippen molar-refractivity contribution < 1.29 is 5.11 Å². The van der Waals surface area contributed by atoms with Crippen LogP contribution in [0, 0.1) is 5.92 Å². The van der Waals surface area contributed by atoms with Gasteiger partial charge in [-0.15, -0.1) is 11.6 Å².